The summed E-state index contributed by atoms with van der Waals surface area (Å²) in [6, 6.07) is 6.16. The van der Waals surface area contributed by atoms with Gasteiger partial charge in [0.2, 0.25) is 0 Å². The minimum Gasteiger partial charge on any atom is -0.230 e. The summed E-state index contributed by atoms with van der Waals surface area (Å²) in [5.41, 5.74) is 0.979. The van der Waals surface area contributed by atoms with E-state index in [1.54, 1.807) is 23.1 Å². The van der Waals surface area contributed by atoms with Gasteiger partial charge in [-0.05, 0) is 37.0 Å². The largest absolute Gasteiger partial charge is 0.266 e. The van der Waals surface area contributed by atoms with E-state index in [2.05, 4.69) is 11.1 Å². The summed E-state index contributed by atoms with van der Waals surface area (Å²) in [4.78, 5) is 5.68. The van der Waals surface area contributed by atoms with Crippen LogP contribution in [-0.4, -0.2) is 17.0 Å². The molecule has 0 unspecified atom stereocenters. The fourth-order valence-corrected chi connectivity index (χ4v) is 3.97. The predicted octanol–water partition coefficient (Wildman–Crippen LogP) is 5.28. The summed E-state index contributed by atoms with van der Waals surface area (Å²) in [5.74, 6) is 0.631. The highest BCUT2D eigenvalue weighted by Crippen LogP contribution is 2.32. The van der Waals surface area contributed by atoms with Crippen molar-refractivity contribution in [2.45, 2.75) is 15.7 Å². The Morgan fingerprint density at radius 3 is 3.00 bits per heavy atom. The second-order valence-electron chi connectivity index (χ2n) is 3.44. The first-order chi connectivity index (χ1) is 8.69. The summed E-state index contributed by atoms with van der Waals surface area (Å²) in [5, 5.41) is 0. The number of hydrogen-bond donors (Lipinski definition) is 0. The molecule has 0 aliphatic heterocycles. The molecular formula is C12H11F2NS3. The molecule has 1 nitrogen and oxygen atoms in total. The van der Waals surface area contributed by atoms with Crippen LogP contribution < -0.4 is 0 Å². The van der Waals surface area contributed by atoms with E-state index >= 15 is 0 Å². The van der Waals surface area contributed by atoms with Crippen LogP contribution in [-0.2, 0) is 0 Å². The van der Waals surface area contributed by atoms with Crippen LogP contribution in [0.2, 0.25) is 0 Å². The van der Waals surface area contributed by atoms with Crippen molar-refractivity contribution in [3.63, 3.8) is 0 Å². The van der Waals surface area contributed by atoms with Crippen molar-refractivity contribution in [3.05, 3.63) is 30.4 Å². The summed E-state index contributed by atoms with van der Waals surface area (Å²) < 4.78 is 25.8. The van der Waals surface area contributed by atoms with Crippen LogP contribution in [0.15, 0.2) is 39.6 Å². The molecule has 0 bridgehead atoms. The molecule has 1 aromatic carbocycles. The number of rotatable bonds is 5. The Balaban J connectivity index is 2.03. The summed E-state index contributed by atoms with van der Waals surface area (Å²) in [6.07, 6.45) is 1.76. The molecule has 0 amide bonds. The average Bonchev–Trinajstić information content (AvgIpc) is 2.75. The van der Waals surface area contributed by atoms with Crippen molar-refractivity contribution in [1.82, 2.24) is 4.98 Å². The molecule has 2 aromatic rings. The maximum absolute atomic E-state index is 11.8. The average molecular weight is 303 g/mol. The fourth-order valence-electron chi connectivity index (χ4n) is 1.39. The first-order valence-corrected chi connectivity index (χ1v) is 8.30. The number of aromatic nitrogens is 1. The van der Waals surface area contributed by atoms with Crippen LogP contribution >= 0.6 is 34.9 Å². The van der Waals surface area contributed by atoms with Crippen LogP contribution in [0, 0.1) is 0 Å². The number of nitrogens with zero attached hydrogens (tertiary/aromatic N) is 1. The molecule has 18 heavy (non-hydrogen) atoms. The number of hydrogen-bond acceptors (Lipinski definition) is 4. The van der Waals surface area contributed by atoms with E-state index in [4.69, 9.17) is 0 Å². The second kappa shape index (κ2) is 6.54. The van der Waals surface area contributed by atoms with E-state index in [0.717, 1.165) is 20.6 Å². The zero-order valence-corrected chi connectivity index (χ0v) is 12.1. The molecule has 0 aliphatic rings. The lowest BCUT2D eigenvalue weighted by Crippen LogP contribution is -1.76. The lowest BCUT2D eigenvalue weighted by Gasteiger charge is -1.92. The van der Waals surface area contributed by atoms with Gasteiger partial charge in [-0.15, -0.1) is 23.1 Å². The Kier molecular flexibility index (Phi) is 5.03. The van der Waals surface area contributed by atoms with Gasteiger partial charge in [0.15, 0.2) is 4.34 Å². The highest BCUT2D eigenvalue weighted by molar-refractivity contribution is 8.01. The van der Waals surface area contributed by atoms with E-state index in [9.17, 15) is 8.78 Å². The zero-order valence-electron chi connectivity index (χ0n) is 9.65. The summed E-state index contributed by atoms with van der Waals surface area (Å²) in [7, 11) is 0. The molecule has 0 fully saturated rings. The highest BCUT2D eigenvalue weighted by atomic mass is 32.2. The number of benzene rings is 1. The van der Waals surface area contributed by atoms with Gasteiger partial charge in [-0.2, -0.15) is 8.78 Å². The van der Waals surface area contributed by atoms with Gasteiger partial charge in [-0.25, -0.2) is 4.98 Å². The van der Waals surface area contributed by atoms with Gasteiger partial charge in [-0.1, -0.05) is 11.8 Å². The molecule has 2 rings (SSSR count). The Hall–Kier alpha value is -0.590. The molecule has 0 aliphatic carbocycles. The number of allylic oxidation sites excluding steroid dienone is 1. The minimum atomic E-state index is -1.61. The lowest BCUT2D eigenvalue weighted by molar-refractivity contribution is 0.418. The van der Waals surface area contributed by atoms with Crippen molar-refractivity contribution < 1.29 is 8.78 Å². The first kappa shape index (κ1) is 13.8. The van der Waals surface area contributed by atoms with E-state index in [1.165, 1.54) is 16.7 Å². The van der Waals surface area contributed by atoms with E-state index < -0.39 is 6.08 Å². The summed E-state index contributed by atoms with van der Waals surface area (Å²) in [6.45, 7) is 0. The molecule has 6 heteroatoms. The third-order valence-corrected chi connectivity index (χ3v) is 5.14. The molecular weight excluding hydrogens is 292 g/mol. The van der Waals surface area contributed by atoms with Crippen molar-refractivity contribution in [1.29, 1.82) is 0 Å². The molecule has 0 spiro atoms. The van der Waals surface area contributed by atoms with Crippen molar-refractivity contribution in [2.75, 3.05) is 12.0 Å². The second-order valence-corrected chi connectivity index (χ2v) is 6.70. The molecule has 0 saturated carbocycles. The molecule has 0 atom stereocenters. The molecule has 1 heterocycles. The maximum Gasteiger partial charge on any atom is 0.266 e. The van der Waals surface area contributed by atoms with Crippen molar-refractivity contribution in [3.8, 4) is 0 Å². The maximum atomic E-state index is 11.8. The molecule has 0 N–H and O–H groups in total. The topological polar surface area (TPSA) is 12.9 Å². The smallest absolute Gasteiger partial charge is 0.230 e. The standard InChI is InChI=1S/C12H11F2NS3/c1-16-8-4-5-9-10(7-8)18-12(15-9)17-6-2-3-11(13)14/h3-5,7H,2,6H2,1H3. The zero-order chi connectivity index (χ0) is 13.0. The molecule has 0 radical (unpaired) electrons. The van der Waals surface area contributed by atoms with Crippen LogP contribution in [0.4, 0.5) is 8.78 Å². The van der Waals surface area contributed by atoms with Crippen LogP contribution in [0.3, 0.4) is 0 Å². The Morgan fingerprint density at radius 1 is 1.44 bits per heavy atom. The first-order valence-electron chi connectivity index (χ1n) is 5.27. The molecule has 0 saturated heterocycles. The van der Waals surface area contributed by atoms with Gasteiger partial charge in [0.25, 0.3) is 6.08 Å². The van der Waals surface area contributed by atoms with E-state index in [1.807, 2.05) is 18.4 Å². The van der Waals surface area contributed by atoms with E-state index in [-0.39, 0.29) is 0 Å². The van der Waals surface area contributed by atoms with Crippen LogP contribution in [0.1, 0.15) is 6.42 Å². The van der Waals surface area contributed by atoms with E-state index in [0.29, 0.717) is 12.2 Å². The fraction of sp³-hybridized carbons (Fsp3) is 0.250. The Labute approximate surface area is 117 Å². The van der Waals surface area contributed by atoms with Gasteiger partial charge in [0.05, 0.1) is 10.2 Å². The van der Waals surface area contributed by atoms with Crippen LogP contribution in [0.25, 0.3) is 10.2 Å². The highest BCUT2D eigenvalue weighted by Gasteiger charge is 2.04. The van der Waals surface area contributed by atoms with Crippen LogP contribution in [0.5, 0.6) is 0 Å². The number of thiazole rings is 1. The van der Waals surface area contributed by atoms with Crippen molar-refractivity contribution >= 4 is 45.1 Å². The quantitative estimate of drug-likeness (QED) is 0.551. The van der Waals surface area contributed by atoms with Gasteiger partial charge >= 0.3 is 0 Å². The monoisotopic (exact) mass is 303 g/mol. The van der Waals surface area contributed by atoms with Gasteiger partial charge in [0.1, 0.15) is 0 Å². The minimum absolute atomic E-state index is 0.374. The Bertz CT molecular complexity index is 561. The number of halogens is 2. The third kappa shape index (κ3) is 3.70. The predicted molar refractivity (Wildman–Crippen MR) is 77.0 cm³/mol. The lowest BCUT2D eigenvalue weighted by atomic mass is 10.3. The van der Waals surface area contributed by atoms with Gasteiger partial charge in [-0.3, -0.25) is 0 Å². The number of thioether (sulfide) groups is 2. The molecule has 1 aromatic heterocycles. The van der Waals surface area contributed by atoms with Crippen molar-refractivity contribution in [2.24, 2.45) is 0 Å². The summed E-state index contributed by atoms with van der Waals surface area (Å²) >= 11 is 4.84. The normalized spacial score (nSPS) is 10.8. The van der Waals surface area contributed by atoms with Gasteiger partial charge < -0.3 is 0 Å². The van der Waals surface area contributed by atoms with Gasteiger partial charge in [0, 0.05) is 10.6 Å². The third-order valence-electron chi connectivity index (χ3n) is 2.22. The number of fused-ring (bicyclic) bond motifs is 1. The Morgan fingerprint density at radius 2 is 2.28 bits per heavy atom. The SMILES string of the molecule is CSc1ccc2nc(SCCC=C(F)F)sc2c1. The molecule has 96 valence electrons.